The minimum absolute atomic E-state index is 0.313. The van der Waals surface area contributed by atoms with E-state index >= 15 is 0 Å². The van der Waals surface area contributed by atoms with Crippen molar-refractivity contribution < 1.29 is 33.2 Å². The highest BCUT2D eigenvalue weighted by molar-refractivity contribution is 5.20. The summed E-state index contributed by atoms with van der Waals surface area (Å²) in [6.07, 6.45) is 0. The van der Waals surface area contributed by atoms with E-state index < -0.39 is 11.9 Å². The molecule has 7 heteroatoms. The number of ether oxygens (including phenoxy) is 7. The van der Waals surface area contributed by atoms with E-state index in [0.717, 1.165) is 11.1 Å². The van der Waals surface area contributed by atoms with Gasteiger partial charge in [0.25, 0.3) is 0 Å². The number of fused-ring (bicyclic) bond motifs is 6. The molecule has 31 heavy (non-hydrogen) atoms. The molecule has 8 rings (SSSR count). The van der Waals surface area contributed by atoms with Crippen molar-refractivity contribution in [2.24, 2.45) is 10.8 Å². The Morgan fingerprint density at radius 3 is 1.16 bits per heavy atom. The molecule has 6 heterocycles. The van der Waals surface area contributed by atoms with Crippen LogP contribution in [-0.2, 0) is 45.1 Å². The van der Waals surface area contributed by atoms with Gasteiger partial charge < -0.3 is 33.2 Å². The molecule has 0 aromatic heterocycles. The highest BCUT2D eigenvalue weighted by atomic mass is 16.9. The molecule has 6 fully saturated rings. The van der Waals surface area contributed by atoms with Crippen molar-refractivity contribution in [2.75, 3.05) is 52.9 Å². The van der Waals surface area contributed by atoms with Gasteiger partial charge in [0.05, 0.1) is 63.7 Å². The summed E-state index contributed by atoms with van der Waals surface area (Å²) in [6, 6.07) is 19.5. The largest absolute Gasteiger partial charge is 0.380 e. The normalized spacial score (nSPS) is 39.0. The molecule has 164 valence electrons. The fourth-order valence-electron chi connectivity index (χ4n) is 4.51. The van der Waals surface area contributed by atoms with E-state index in [1.807, 2.05) is 60.7 Å². The first-order valence-electron chi connectivity index (χ1n) is 10.7. The molecule has 0 radical (unpaired) electrons. The molecule has 4 bridgehead atoms. The van der Waals surface area contributed by atoms with Gasteiger partial charge in [-0.1, -0.05) is 60.7 Å². The summed E-state index contributed by atoms with van der Waals surface area (Å²) in [4.78, 5) is 0. The highest BCUT2D eigenvalue weighted by Crippen LogP contribution is 2.46. The van der Waals surface area contributed by atoms with Crippen molar-refractivity contribution >= 4 is 0 Å². The minimum atomic E-state index is -1.09. The predicted molar refractivity (Wildman–Crippen MR) is 108 cm³/mol. The molecule has 6 saturated heterocycles. The summed E-state index contributed by atoms with van der Waals surface area (Å²) >= 11 is 0. The van der Waals surface area contributed by atoms with Crippen LogP contribution in [0.3, 0.4) is 0 Å². The fraction of sp³-hybridized carbons (Fsp3) is 0.500. The average Bonchev–Trinajstić information content (AvgIpc) is 2.87. The van der Waals surface area contributed by atoms with Gasteiger partial charge in [-0.05, 0) is 0 Å². The second-order valence-corrected chi connectivity index (χ2v) is 9.07. The molecule has 0 N–H and O–H groups in total. The van der Waals surface area contributed by atoms with E-state index in [1.165, 1.54) is 0 Å². The van der Waals surface area contributed by atoms with Crippen molar-refractivity contribution in [3.05, 3.63) is 71.8 Å². The maximum atomic E-state index is 6.15. The van der Waals surface area contributed by atoms with E-state index in [0.29, 0.717) is 52.9 Å². The molecule has 0 spiro atoms. The second-order valence-electron chi connectivity index (χ2n) is 9.07. The number of hydrogen-bond donors (Lipinski definition) is 0. The standard InChI is InChI=1S/C24H26O7/c1-3-7-19(8-4-1)23-26-13-21(14-27-23,15-28-23)11-25-12-22-16-29-24(30-17-22,31-18-22)20-9-5-2-6-10-20/h1-10H,11-18H2. The third-order valence-corrected chi connectivity index (χ3v) is 6.48. The van der Waals surface area contributed by atoms with E-state index in [-0.39, 0.29) is 10.8 Å². The molecule has 2 aromatic carbocycles. The van der Waals surface area contributed by atoms with Gasteiger partial charge in [-0.25, -0.2) is 0 Å². The molecule has 0 unspecified atom stereocenters. The fourth-order valence-corrected chi connectivity index (χ4v) is 4.51. The van der Waals surface area contributed by atoms with Gasteiger partial charge in [0.2, 0.25) is 0 Å². The number of benzene rings is 2. The van der Waals surface area contributed by atoms with Crippen molar-refractivity contribution in [1.82, 2.24) is 0 Å². The summed E-state index contributed by atoms with van der Waals surface area (Å²) in [5, 5.41) is 0. The van der Waals surface area contributed by atoms with Crippen LogP contribution in [0.4, 0.5) is 0 Å². The monoisotopic (exact) mass is 426 g/mol. The van der Waals surface area contributed by atoms with E-state index in [2.05, 4.69) is 0 Å². The third kappa shape index (κ3) is 3.32. The predicted octanol–water partition coefficient (Wildman–Crippen LogP) is 2.75. The molecule has 0 atom stereocenters. The van der Waals surface area contributed by atoms with Crippen molar-refractivity contribution in [1.29, 1.82) is 0 Å². The van der Waals surface area contributed by atoms with Gasteiger partial charge in [-0.2, -0.15) is 0 Å². The van der Waals surface area contributed by atoms with Gasteiger partial charge in [0.1, 0.15) is 0 Å². The van der Waals surface area contributed by atoms with Gasteiger partial charge in [-0.3, -0.25) is 0 Å². The van der Waals surface area contributed by atoms with Crippen LogP contribution in [0.25, 0.3) is 0 Å². The van der Waals surface area contributed by atoms with Gasteiger partial charge >= 0.3 is 11.9 Å². The van der Waals surface area contributed by atoms with Gasteiger partial charge in [0, 0.05) is 11.1 Å². The minimum Gasteiger partial charge on any atom is -0.380 e. The third-order valence-electron chi connectivity index (χ3n) is 6.48. The van der Waals surface area contributed by atoms with Crippen LogP contribution in [0.5, 0.6) is 0 Å². The SMILES string of the molecule is c1ccc(C23OCC(COCC45COC(c6ccccc6)(OC4)OC5)(CO2)CO3)cc1. The average molecular weight is 426 g/mol. The zero-order valence-electron chi connectivity index (χ0n) is 17.3. The molecule has 0 saturated carbocycles. The van der Waals surface area contributed by atoms with Crippen LogP contribution in [0.15, 0.2) is 60.7 Å². The molecule has 2 aromatic rings. The Morgan fingerprint density at radius 2 is 0.839 bits per heavy atom. The van der Waals surface area contributed by atoms with E-state index in [4.69, 9.17) is 33.2 Å². The molecule has 7 nitrogen and oxygen atoms in total. The Balaban J connectivity index is 1.04. The quantitative estimate of drug-likeness (QED) is 0.704. The molecule has 0 amide bonds. The lowest BCUT2D eigenvalue weighted by atomic mass is 9.87. The lowest BCUT2D eigenvalue weighted by Crippen LogP contribution is -2.61. The van der Waals surface area contributed by atoms with Crippen LogP contribution in [0, 0.1) is 10.8 Å². The summed E-state index contributed by atoms with van der Waals surface area (Å²) in [5.74, 6) is -2.19. The maximum absolute atomic E-state index is 6.15. The van der Waals surface area contributed by atoms with E-state index in [9.17, 15) is 0 Å². The lowest BCUT2D eigenvalue weighted by Gasteiger charge is -2.53. The highest BCUT2D eigenvalue weighted by Gasteiger charge is 2.56. The number of hydrogen-bond acceptors (Lipinski definition) is 7. The molecular weight excluding hydrogens is 400 g/mol. The van der Waals surface area contributed by atoms with Crippen LogP contribution in [0.1, 0.15) is 11.1 Å². The first kappa shape index (κ1) is 19.8. The Labute approximate surface area is 181 Å². The van der Waals surface area contributed by atoms with E-state index in [1.54, 1.807) is 0 Å². The Hall–Kier alpha value is -1.84. The zero-order chi connectivity index (χ0) is 20.8. The maximum Gasteiger partial charge on any atom is 0.312 e. The smallest absolute Gasteiger partial charge is 0.312 e. The number of rotatable bonds is 6. The first-order valence-corrected chi connectivity index (χ1v) is 10.7. The Morgan fingerprint density at radius 1 is 0.516 bits per heavy atom. The first-order chi connectivity index (χ1) is 15.2. The van der Waals surface area contributed by atoms with Gasteiger partial charge in [-0.15, -0.1) is 0 Å². The summed E-state index contributed by atoms with van der Waals surface area (Å²) in [5.41, 5.74) is 1.13. The summed E-state index contributed by atoms with van der Waals surface area (Å²) < 4.78 is 42.3. The van der Waals surface area contributed by atoms with Crippen LogP contribution < -0.4 is 0 Å². The van der Waals surface area contributed by atoms with Crippen LogP contribution in [0.2, 0.25) is 0 Å². The zero-order valence-corrected chi connectivity index (χ0v) is 17.3. The van der Waals surface area contributed by atoms with Crippen molar-refractivity contribution in [3.63, 3.8) is 0 Å². The summed E-state index contributed by atoms with van der Waals surface area (Å²) in [7, 11) is 0. The van der Waals surface area contributed by atoms with Gasteiger partial charge in [0.15, 0.2) is 0 Å². The topological polar surface area (TPSA) is 64.6 Å². The van der Waals surface area contributed by atoms with Crippen molar-refractivity contribution in [3.8, 4) is 0 Å². The lowest BCUT2D eigenvalue weighted by molar-refractivity contribution is -0.488. The summed E-state index contributed by atoms with van der Waals surface area (Å²) in [6.45, 7) is 4.09. The Bertz CT molecular complexity index is 791. The molecule has 6 aliphatic heterocycles. The van der Waals surface area contributed by atoms with Crippen molar-refractivity contribution in [2.45, 2.75) is 11.9 Å². The van der Waals surface area contributed by atoms with Crippen LogP contribution in [-0.4, -0.2) is 52.9 Å². The van der Waals surface area contributed by atoms with Crippen LogP contribution >= 0.6 is 0 Å². The molecule has 6 aliphatic rings. The molecule has 0 aliphatic carbocycles. The second kappa shape index (κ2) is 7.35. The molecular formula is C24H26O7. The Kier molecular flexibility index (Phi) is 4.70.